The van der Waals surface area contributed by atoms with Gasteiger partial charge < -0.3 is 10.2 Å². The van der Waals surface area contributed by atoms with Crippen LogP contribution in [-0.2, 0) is 11.2 Å². The molecule has 0 radical (unpaired) electrons. The third-order valence-electron chi connectivity index (χ3n) is 4.34. The van der Waals surface area contributed by atoms with Crippen molar-refractivity contribution < 1.29 is 9.59 Å². The number of hydrogen-bond acceptors (Lipinski definition) is 2. The quantitative estimate of drug-likeness (QED) is 0.944. The van der Waals surface area contributed by atoms with Gasteiger partial charge in [-0.1, -0.05) is 24.3 Å². The van der Waals surface area contributed by atoms with E-state index in [1.807, 2.05) is 24.1 Å². The molecular weight excluding hydrogens is 288 g/mol. The third-order valence-corrected chi connectivity index (χ3v) is 4.34. The van der Waals surface area contributed by atoms with Crippen LogP contribution in [0, 0.1) is 0 Å². The predicted molar refractivity (Wildman–Crippen MR) is 90.3 cm³/mol. The molecule has 0 aliphatic heterocycles. The Morgan fingerprint density at radius 2 is 1.78 bits per heavy atom. The van der Waals surface area contributed by atoms with Gasteiger partial charge in [0.05, 0.1) is 6.04 Å². The topological polar surface area (TPSA) is 49.4 Å². The number of benzene rings is 2. The second-order valence-electron chi connectivity index (χ2n) is 5.93. The lowest BCUT2D eigenvalue weighted by molar-refractivity contribution is -0.114. The van der Waals surface area contributed by atoms with Gasteiger partial charge in [-0.25, -0.2) is 0 Å². The van der Waals surface area contributed by atoms with Crippen LogP contribution in [-0.4, -0.2) is 23.8 Å². The van der Waals surface area contributed by atoms with Gasteiger partial charge in [-0.05, 0) is 48.2 Å². The van der Waals surface area contributed by atoms with Gasteiger partial charge in [0.2, 0.25) is 5.91 Å². The molecule has 1 atom stereocenters. The Morgan fingerprint density at radius 3 is 2.48 bits per heavy atom. The second kappa shape index (κ2) is 6.24. The first-order valence-corrected chi connectivity index (χ1v) is 7.79. The first-order valence-electron chi connectivity index (χ1n) is 7.79. The maximum absolute atomic E-state index is 12.7. The summed E-state index contributed by atoms with van der Waals surface area (Å²) in [6.45, 7) is 1.46. The Kier molecular flexibility index (Phi) is 4.15. The normalized spacial score (nSPS) is 15.8. The summed E-state index contributed by atoms with van der Waals surface area (Å²) in [5.41, 5.74) is 3.91. The Balaban J connectivity index is 1.77. The predicted octanol–water partition coefficient (Wildman–Crippen LogP) is 3.40. The maximum atomic E-state index is 12.7. The lowest BCUT2D eigenvalue weighted by Crippen LogP contribution is -2.30. The van der Waals surface area contributed by atoms with Gasteiger partial charge in [0.15, 0.2) is 0 Å². The van der Waals surface area contributed by atoms with Gasteiger partial charge in [0.1, 0.15) is 0 Å². The van der Waals surface area contributed by atoms with Crippen LogP contribution in [0.2, 0.25) is 0 Å². The van der Waals surface area contributed by atoms with E-state index in [4.69, 9.17) is 0 Å². The van der Waals surface area contributed by atoms with Crippen molar-refractivity contribution in [3.8, 4) is 0 Å². The number of nitrogens with one attached hydrogen (secondary N) is 1. The summed E-state index contributed by atoms with van der Waals surface area (Å²) < 4.78 is 0. The molecule has 0 aromatic heterocycles. The van der Waals surface area contributed by atoms with Gasteiger partial charge >= 0.3 is 0 Å². The minimum absolute atomic E-state index is 0.000998. The molecule has 0 saturated carbocycles. The van der Waals surface area contributed by atoms with Crippen LogP contribution in [0.4, 0.5) is 5.69 Å². The minimum atomic E-state index is -0.122. The summed E-state index contributed by atoms with van der Waals surface area (Å²) in [6, 6.07) is 15.5. The molecule has 2 aromatic rings. The molecular formula is C19H20N2O2. The average Bonchev–Trinajstić information content (AvgIpc) is 2.97. The van der Waals surface area contributed by atoms with Crippen LogP contribution in [0.3, 0.4) is 0 Å². The van der Waals surface area contributed by atoms with E-state index in [1.54, 1.807) is 24.3 Å². The largest absolute Gasteiger partial charge is 0.335 e. The van der Waals surface area contributed by atoms with Crippen LogP contribution in [0.15, 0.2) is 48.5 Å². The summed E-state index contributed by atoms with van der Waals surface area (Å²) in [5.74, 6) is -0.121. The number of carbonyl (C=O) groups is 2. The Labute approximate surface area is 136 Å². The molecule has 118 valence electrons. The molecule has 2 amide bonds. The van der Waals surface area contributed by atoms with Crippen molar-refractivity contribution in [1.29, 1.82) is 0 Å². The molecule has 0 bridgehead atoms. The van der Waals surface area contributed by atoms with Gasteiger partial charge in [-0.2, -0.15) is 0 Å². The van der Waals surface area contributed by atoms with Crippen molar-refractivity contribution in [1.82, 2.24) is 4.90 Å². The number of carbonyl (C=O) groups excluding carboxylic acids is 2. The van der Waals surface area contributed by atoms with E-state index >= 15 is 0 Å². The Hall–Kier alpha value is -2.62. The molecule has 2 aromatic carbocycles. The number of amides is 2. The smallest absolute Gasteiger partial charge is 0.254 e. The van der Waals surface area contributed by atoms with Crippen LogP contribution >= 0.6 is 0 Å². The van der Waals surface area contributed by atoms with Crippen LogP contribution < -0.4 is 5.32 Å². The number of anilines is 1. The molecule has 0 fully saturated rings. The summed E-state index contributed by atoms with van der Waals surface area (Å²) >= 11 is 0. The van der Waals surface area contributed by atoms with E-state index in [0.717, 1.165) is 12.8 Å². The first kappa shape index (κ1) is 15.3. The molecule has 0 spiro atoms. The zero-order chi connectivity index (χ0) is 16.4. The van der Waals surface area contributed by atoms with Crippen molar-refractivity contribution in [2.45, 2.75) is 25.8 Å². The van der Waals surface area contributed by atoms with Crippen molar-refractivity contribution in [3.05, 3.63) is 65.2 Å². The second-order valence-corrected chi connectivity index (χ2v) is 5.93. The van der Waals surface area contributed by atoms with Crippen LogP contribution in [0.1, 0.15) is 40.9 Å². The fourth-order valence-electron chi connectivity index (χ4n) is 3.18. The maximum Gasteiger partial charge on any atom is 0.254 e. The molecule has 0 saturated heterocycles. The lowest BCUT2D eigenvalue weighted by Gasteiger charge is -2.25. The van der Waals surface area contributed by atoms with Crippen molar-refractivity contribution in [3.63, 3.8) is 0 Å². The van der Waals surface area contributed by atoms with Crippen molar-refractivity contribution in [2.75, 3.05) is 12.4 Å². The number of fused-ring (bicyclic) bond motifs is 1. The number of nitrogens with zero attached hydrogens (tertiary/aromatic N) is 1. The van der Waals surface area contributed by atoms with E-state index < -0.39 is 0 Å². The van der Waals surface area contributed by atoms with Crippen LogP contribution in [0.25, 0.3) is 0 Å². The van der Waals surface area contributed by atoms with Gasteiger partial charge in [-0.15, -0.1) is 0 Å². The Morgan fingerprint density at radius 1 is 1.09 bits per heavy atom. The molecule has 1 aliphatic carbocycles. The summed E-state index contributed by atoms with van der Waals surface area (Å²) in [5, 5.41) is 2.70. The van der Waals surface area contributed by atoms with E-state index in [2.05, 4.69) is 17.4 Å². The first-order chi connectivity index (χ1) is 11.1. The van der Waals surface area contributed by atoms with Crippen molar-refractivity contribution >= 4 is 17.5 Å². The zero-order valence-electron chi connectivity index (χ0n) is 13.4. The summed E-state index contributed by atoms with van der Waals surface area (Å²) in [6.07, 6.45) is 1.98. The highest BCUT2D eigenvalue weighted by Gasteiger charge is 2.28. The lowest BCUT2D eigenvalue weighted by atomic mass is 10.1. The number of hydrogen-bond donors (Lipinski definition) is 1. The number of aryl methyl sites for hydroxylation is 1. The van der Waals surface area contributed by atoms with Crippen molar-refractivity contribution in [2.24, 2.45) is 0 Å². The molecule has 0 heterocycles. The van der Waals surface area contributed by atoms with Gasteiger partial charge in [0.25, 0.3) is 5.91 Å². The standard InChI is InChI=1S/C19H20N2O2/c1-13(22)20-16-10-7-15(8-11-16)19(23)21(2)18-12-9-14-5-3-4-6-17(14)18/h3-8,10-11,18H,9,12H2,1-2H3,(H,20,22). The average molecular weight is 308 g/mol. The highest BCUT2D eigenvalue weighted by Crippen LogP contribution is 2.35. The zero-order valence-corrected chi connectivity index (χ0v) is 13.4. The van der Waals surface area contributed by atoms with E-state index in [0.29, 0.717) is 11.3 Å². The van der Waals surface area contributed by atoms with Crippen LogP contribution in [0.5, 0.6) is 0 Å². The minimum Gasteiger partial charge on any atom is -0.335 e. The monoisotopic (exact) mass is 308 g/mol. The molecule has 4 heteroatoms. The van der Waals surface area contributed by atoms with E-state index in [9.17, 15) is 9.59 Å². The highest BCUT2D eigenvalue weighted by molar-refractivity contribution is 5.95. The van der Waals surface area contributed by atoms with E-state index in [1.165, 1.54) is 18.1 Å². The fourth-order valence-corrected chi connectivity index (χ4v) is 3.18. The fraction of sp³-hybridized carbons (Fsp3) is 0.263. The summed E-state index contributed by atoms with van der Waals surface area (Å²) in [7, 11) is 1.86. The number of rotatable bonds is 3. The summed E-state index contributed by atoms with van der Waals surface area (Å²) in [4.78, 5) is 25.6. The Bertz CT molecular complexity index is 737. The molecule has 23 heavy (non-hydrogen) atoms. The molecule has 3 rings (SSSR count). The molecule has 1 unspecified atom stereocenters. The van der Waals surface area contributed by atoms with Gasteiger partial charge in [0, 0.05) is 25.2 Å². The third kappa shape index (κ3) is 3.11. The SMILES string of the molecule is CC(=O)Nc1ccc(C(=O)N(C)C2CCc3ccccc32)cc1. The highest BCUT2D eigenvalue weighted by atomic mass is 16.2. The van der Waals surface area contributed by atoms with E-state index in [-0.39, 0.29) is 17.9 Å². The molecule has 1 aliphatic rings. The molecule has 4 nitrogen and oxygen atoms in total. The molecule has 1 N–H and O–H groups in total. The van der Waals surface area contributed by atoms with Gasteiger partial charge in [-0.3, -0.25) is 9.59 Å².